The lowest BCUT2D eigenvalue weighted by atomic mass is 10.2. The maximum atomic E-state index is 12.0. The largest absolute Gasteiger partial charge is 0.419 e. The molecule has 0 unspecified atom stereocenters. The summed E-state index contributed by atoms with van der Waals surface area (Å²) in [6.45, 7) is 0.131. The summed E-state index contributed by atoms with van der Waals surface area (Å²) < 4.78 is 5.51. The predicted molar refractivity (Wildman–Crippen MR) is 87.4 cm³/mol. The highest BCUT2D eigenvalue weighted by Gasteiger charge is 2.11. The van der Waals surface area contributed by atoms with E-state index in [-0.39, 0.29) is 12.5 Å². The molecule has 2 aromatic carbocycles. The van der Waals surface area contributed by atoms with Gasteiger partial charge in [-0.3, -0.25) is 4.79 Å². The third-order valence-corrected chi connectivity index (χ3v) is 3.53. The summed E-state index contributed by atoms with van der Waals surface area (Å²) in [6, 6.07) is 13.7. The fourth-order valence-electron chi connectivity index (χ4n) is 1.92. The molecule has 3 rings (SSSR count). The second-order valence-electron chi connectivity index (χ2n) is 4.70. The molecule has 7 heteroatoms. The topological polar surface area (TPSA) is 68.0 Å². The molecule has 0 atom stereocenters. The number of hydrogen-bond acceptors (Lipinski definition) is 4. The Kier molecular flexibility index (Phi) is 4.60. The van der Waals surface area contributed by atoms with Gasteiger partial charge in [-0.05, 0) is 42.5 Å². The van der Waals surface area contributed by atoms with Crippen molar-refractivity contribution < 1.29 is 9.21 Å². The van der Waals surface area contributed by atoms with Gasteiger partial charge < -0.3 is 9.73 Å². The van der Waals surface area contributed by atoms with Crippen molar-refractivity contribution in [2.24, 2.45) is 0 Å². The summed E-state index contributed by atoms with van der Waals surface area (Å²) in [6.07, 6.45) is 0. The van der Waals surface area contributed by atoms with E-state index in [0.717, 1.165) is 5.56 Å². The van der Waals surface area contributed by atoms with Crippen LogP contribution >= 0.6 is 23.2 Å². The molecule has 0 aliphatic carbocycles. The molecular weight excluding hydrogens is 337 g/mol. The summed E-state index contributed by atoms with van der Waals surface area (Å²) in [7, 11) is 0. The van der Waals surface area contributed by atoms with Crippen LogP contribution < -0.4 is 5.32 Å². The van der Waals surface area contributed by atoms with Gasteiger partial charge in [0, 0.05) is 21.2 Å². The Labute approximate surface area is 142 Å². The third kappa shape index (κ3) is 3.88. The molecule has 0 aliphatic rings. The molecule has 0 aliphatic heterocycles. The van der Waals surface area contributed by atoms with E-state index in [1.165, 1.54) is 0 Å². The van der Waals surface area contributed by atoms with Crippen LogP contribution in [0.25, 0.3) is 11.5 Å². The number of nitrogens with one attached hydrogen (secondary N) is 1. The monoisotopic (exact) mass is 347 g/mol. The molecule has 0 bridgehead atoms. The van der Waals surface area contributed by atoms with Gasteiger partial charge in [0.1, 0.15) is 0 Å². The first-order valence-corrected chi connectivity index (χ1v) is 7.49. The van der Waals surface area contributed by atoms with Crippen molar-refractivity contribution >= 4 is 29.1 Å². The van der Waals surface area contributed by atoms with E-state index in [1.807, 2.05) is 0 Å². The van der Waals surface area contributed by atoms with Crippen molar-refractivity contribution in [3.8, 4) is 11.5 Å². The van der Waals surface area contributed by atoms with Crippen LogP contribution in [0.4, 0.5) is 0 Å². The van der Waals surface area contributed by atoms with Crippen molar-refractivity contribution in [2.75, 3.05) is 0 Å². The van der Waals surface area contributed by atoms with Crippen LogP contribution in [0.5, 0.6) is 0 Å². The minimum atomic E-state index is -0.265. The molecule has 0 saturated carbocycles. The van der Waals surface area contributed by atoms with Crippen LogP contribution in [0.15, 0.2) is 52.9 Å². The van der Waals surface area contributed by atoms with Crippen LogP contribution in [-0.2, 0) is 6.54 Å². The van der Waals surface area contributed by atoms with Crippen molar-refractivity contribution in [3.63, 3.8) is 0 Å². The zero-order valence-corrected chi connectivity index (χ0v) is 13.3. The molecule has 1 N–H and O–H groups in total. The predicted octanol–water partition coefficient (Wildman–Crippen LogP) is 3.97. The molecule has 0 spiro atoms. The Hall–Kier alpha value is -2.37. The van der Waals surface area contributed by atoms with Crippen LogP contribution in [0, 0.1) is 0 Å². The summed E-state index contributed by atoms with van der Waals surface area (Å²) in [5.74, 6) is 0.415. The highest BCUT2D eigenvalue weighted by molar-refractivity contribution is 6.31. The second-order valence-corrected chi connectivity index (χ2v) is 5.57. The summed E-state index contributed by atoms with van der Waals surface area (Å²) in [4.78, 5) is 12.0. The van der Waals surface area contributed by atoms with E-state index >= 15 is 0 Å². The van der Waals surface area contributed by atoms with E-state index in [1.54, 1.807) is 48.5 Å². The molecule has 5 nitrogen and oxygen atoms in total. The van der Waals surface area contributed by atoms with Crippen LogP contribution in [-0.4, -0.2) is 16.1 Å². The SMILES string of the molecule is O=C(NCc1nnc(-c2ccc(Cl)cc2)o1)c1cccc(Cl)c1. The molecule has 1 amide bonds. The number of halogens is 2. The highest BCUT2D eigenvalue weighted by Crippen LogP contribution is 2.20. The van der Waals surface area contributed by atoms with Crippen molar-refractivity contribution in [1.82, 2.24) is 15.5 Å². The van der Waals surface area contributed by atoms with E-state index in [0.29, 0.717) is 27.4 Å². The van der Waals surface area contributed by atoms with Gasteiger partial charge >= 0.3 is 0 Å². The van der Waals surface area contributed by atoms with E-state index < -0.39 is 0 Å². The van der Waals surface area contributed by atoms with Crippen molar-refractivity contribution in [3.05, 3.63) is 70.0 Å². The first-order chi connectivity index (χ1) is 11.1. The minimum Gasteiger partial charge on any atom is -0.419 e. The average molecular weight is 348 g/mol. The number of nitrogens with zero attached hydrogens (tertiary/aromatic N) is 2. The van der Waals surface area contributed by atoms with Gasteiger partial charge in [-0.15, -0.1) is 10.2 Å². The van der Waals surface area contributed by atoms with Crippen molar-refractivity contribution in [2.45, 2.75) is 6.54 Å². The lowest BCUT2D eigenvalue weighted by Gasteiger charge is -2.02. The molecule has 1 heterocycles. The summed E-state index contributed by atoms with van der Waals surface area (Å²) >= 11 is 11.7. The quantitative estimate of drug-likeness (QED) is 0.775. The summed E-state index contributed by atoms with van der Waals surface area (Å²) in [5, 5.41) is 11.7. The fraction of sp³-hybridized carbons (Fsp3) is 0.0625. The van der Waals surface area contributed by atoms with E-state index in [9.17, 15) is 4.79 Å². The van der Waals surface area contributed by atoms with Gasteiger partial charge in [-0.1, -0.05) is 29.3 Å². The third-order valence-electron chi connectivity index (χ3n) is 3.04. The number of carbonyl (C=O) groups excluding carboxylic acids is 1. The Bertz CT molecular complexity index is 831. The normalized spacial score (nSPS) is 10.5. The number of benzene rings is 2. The number of hydrogen-bond donors (Lipinski definition) is 1. The van der Waals surface area contributed by atoms with Gasteiger partial charge in [-0.2, -0.15) is 0 Å². The highest BCUT2D eigenvalue weighted by atomic mass is 35.5. The first kappa shape index (κ1) is 15.5. The number of carbonyl (C=O) groups is 1. The Balaban J connectivity index is 1.65. The minimum absolute atomic E-state index is 0.131. The standard InChI is InChI=1S/C16H11Cl2N3O2/c17-12-6-4-10(5-7-12)16-21-20-14(23-16)9-19-15(22)11-2-1-3-13(18)8-11/h1-8H,9H2,(H,19,22). The van der Waals surface area contributed by atoms with Crippen LogP contribution in [0.3, 0.4) is 0 Å². The number of rotatable bonds is 4. The first-order valence-electron chi connectivity index (χ1n) is 6.74. The summed E-state index contributed by atoms with van der Waals surface area (Å²) in [5.41, 5.74) is 1.23. The average Bonchev–Trinajstić information content (AvgIpc) is 3.02. The molecule has 0 fully saturated rings. The Morgan fingerprint density at radius 2 is 1.83 bits per heavy atom. The molecule has 116 valence electrons. The smallest absolute Gasteiger partial charge is 0.251 e. The van der Waals surface area contributed by atoms with E-state index in [4.69, 9.17) is 27.6 Å². The molecule has 1 aromatic heterocycles. The van der Waals surface area contributed by atoms with Crippen molar-refractivity contribution in [1.29, 1.82) is 0 Å². The van der Waals surface area contributed by atoms with Gasteiger partial charge in [-0.25, -0.2) is 0 Å². The fourth-order valence-corrected chi connectivity index (χ4v) is 2.24. The van der Waals surface area contributed by atoms with Gasteiger partial charge in [0.05, 0.1) is 6.54 Å². The lowest BCUT2D eigenvalue weighted by Crippen LogP contribution is -2.22. The number of aromatic nitrogens is 2. The lowest BCUT2D eigenvalue weighted by molar-refractivity contribution is 0.0947. The van der Waals surface area contributed by atoms with Gasteiger partial charge in [0.2, 0.25) is 11.8 Å². The zero-order chi connectivity index (χ0) is 16.2. The van der Waals surface area contributed by atoms with Gasteiger partial charge in [0.25, 0.3) is 5.91 Å². The Morgan fingerprint density at radius 3 is 2.57 bits per heavy atom. The Morgan fingerprint density at radius 1 is 1.04 bits per heavy atom. The molecule has 0 saturated heterocycles. The zero-order valence-electron chi connectivity index (χ0n) is 11.8. The molecular formula is C16H11Cl2N3O2. The van der Waals surface area contributed by atoms with Gasteiger partial charge in [0.15, 0.2) is 0 Å². The maximum absolute atomic E-state index is 12.0. The molecule has 3 aromatic rings. The number of amides is 1. The molecule has 23 heavy (non-hydrogen) atoms. The molecule has 0 radical (unpaired) electrons. The second kappa shape index (κ2) is 6.81. The maximum Gasteiger partial charge on any atom is 0.251 e. The van der Waals surface area contributed by atoms with Crippen LogP contribution in [0.2, 0.25) is 10.0 Å². The van der Waals surface area contributed by atoms with Crippen LogP contribution in [0.1, 0.15) is 16.2 Å². The van der Waals surface area contributed by atoms with E-state index in [2.05, 4.69) is 15.5 Å².